The Bertz CT molecular complexity index is 262. The summed E-state index contributed by atoms with van der Waals surface area (Å²) in [6, 6.07) is 0.824. The van der Waals surface area contributed by atoms with E-state index in [1.54, 1.807) is 21.1 Å². The summed E-state index contributed by atoms with van der Waals surface area (Å²) >= 11 is 0. The molecule has 0 bridgehead atoms. The third-order valence-corrected chi connectivity index (χ3v) is 5.77. The van der Waals surface area contributed by atoms with Gasteiger partial charge in [-0.05, 0) is 25.3 Å². The van der Waals surface area contributed by atoms with E-state index in [4.69, 9.17) is 13.3 Å². The average molecular weight is 274 g/mol. The number of hydrogen-bond acceptors (Lipinski definition) is 4. The first kappa shape index (κ1) is 17.5. The fourth-order valence-corrected chi connectivity index (χ4v) is 3.64. The predicted octanol–water partition coefficient (Wildman–Crippen LogP) is 2.96. The summed E-state index contributed by atoms with van der Waals surface area (Å²) < 4.78 is 16.6. The van der Waals surface area contributed by atoms with Crippen LogP contribution < -0.4 is 0 Å². The van der Waals surface area contributed by atoms with Crippen LogP contribution in [0.4, 0.5) is 0 Å². The van der Waals surface area contributed by atoms with E-state index in [-0.39, 0.29) is 5.78 Å². The van der Waals surface area contributed by atoms with Crippen molar-refractivity contribution >= 4 is 14.6 Å². The minimum atomic E-state index is -2.44. The lowest BCUT2D eigenvalue weighted by atomic mass is 10.1. The van der Waals surface area contributed by atoms with Crippen LogP contribution in [0.2, 0.25) is 6.04 Å². The monoisotopic (exact) mass is 274 g/mol. The Kier molecular flexibility index (Phi) is 9.18. The van der Waals surface area contributed by atoms with Crippen molar-refractivity contribution < 1.29 is 18.1 Å². The van der Waals surface area contributed by atoms with Crippen LogP contribution in [0, 0.1) is 0 Å². The first-order valence-electron chi connectivity index (χ1n) is 6.44. The summed E-state index contributed by atoms with van der Waals surface area (Å²) in [4.78, 5) is 11.3. The van der Waals surface area contributed by atoms with Crippen molar-refractivity contribution in [3.05, 3.63) is 12.2 Å². The van der Waals surface area contributed by atoms with E-state index in [1.807, 2.05) is 0 Å². The van der Waals surface area contributed by atoms with Crippen LogP contribution in [0.25, 0.3) is 0 Å². The van der Waals surface area contributed by atoms with Crippen molar-refractivity contribution in [1.82, 2.24) is 0 Å². The highest BCUT2D eigenvalue weighted by molar-refractivity contribution is 6.60. The van der Waals surface area contributed by atoms with Crippen LogP contribution in [0.1, 0.15) is 39.5 Å². The molecule has 0 saturated heterocycles. The maximum absolute atomic E-state index is 11.3. The molecule has 5 heteroatoms. The zero-order chi connectivity index (χ0) is 14.0. The van der Waals surface area contributed by atoms with Gasteiger partial charge in [0.15, 0.2) is 5.78 Å². The second kappa shape index (κ2) is 9.44. The van der Waals surface area contributed by atoms with Crippen molar-refractivity contribution in [3.8, 4) is 0 Å². The van der Waals surface area contributed by atoms with Gasteiger partial charge in [0.05, 0.1) is 0 Å². The molecule has 0 aliphatic carbocycles. The number of Topliss-reactive ketones (excluding diaryl/α,β-unsaturated/α-hetero) is 1. The molecular weight excluding hydrogens is 248 g/mol. The van der Waals surface area contributed by atoms with Crippen molar-refractivity contribution in [2.45, 2.75) is 45.6 Å². The van der Waals surface area contributed by atoms with E-state index in [9.17, 15) is 4.79 Å². The van der Waals surface area contributed by atoms with E-state index in [0.717, 1.165) is 25.3 Å². The Morgan fingerprint density at radius 3 is 2.28 bits per heavy atom. The van der Waals surface area contributed by atoms with Crippen LogP contribution in [-0.4, -0.2) is 35.4 Å². The first-order chi connectivity index (χ1) is 8.51. The predicted molar refractivity (Wildman–Crippen MR) is 74.5 cm³/mol. The zero-order valence-corrected chi connectivity index (χ0v) is 13.1. The SMILES string of the molecule is C=C(C)C(=O)CCCCO[Si](CCC)(OC)OC. The summed E-state index contributed by atoms with van der Waals surface area (Å²) in [5.74, 6) is 0.130. The van der Waals surface area contributed by atoms with Crippen molar-refractivity contribution in [2.75, 3.05) is 20.8 Å². The molecule has 0 aliphatic rings. The number of carbonyl (C=O) groups is 1. The van der Waals surface area contributed by atoms with Gasteiger partial charge in [-0.1, -0.05) is 19.9 Å². The smallest absolute Gasteiger partial charge is 0.377 e. The minimum absolute atomic E-state index is 0.130. The Morgan fingerprint density at radius 1 is 1.22 bits per heavy atom. The van der Waals surface area contributed by atoms with Crippen molar-refractivity contribution in [3.63, 3.8) is 0 Å². The summed E-state index contributed by atoms with van der Waals surface area (Å²) in [7, 11) is 0.825. The number of allylic oxidation sites excluding steroid dienone is 1. The van der Waals surface area contributed by atoms with Gasteiger partial charge in [-0.2, -0.15) is 0 Å². The van der Waals surface area contributed by atoms with Gasteiger partial charge in [-0.3, -0.25) is 4.79 Å². The van der Waals surface area contributed by atoms with Gasteiger partial charge in [0.1, 0.15) is 0 Å². The largest absolute Gasteiger partial charge is 0.500 e. The second-order valence-corrected chi connectivity index (χ2v) is 7.32. The van der Waals surface area contributed by atoms with E-state index < -0.39 is 8.80 Å². The van der Waals surface area contributed by atoms with Gasteiger partial charge in [0.25, 0.3) is 0 Å². The summed E-state index contributed by atoms with van der Waals surface area (Å²) in [6.45, 7) is 8.03. The van der Waals surface area contributed by atoms with Crippen LogP contribution in [0.5, 0.6) is 0 Å². The molecule has 0 saturated carbocycles. The molecule has 0 atom stereocenters. The van der Waals surface area contributed by atoms with Crippen LogP contribution in [-0.2, 0) is 18.1 Å². The highest BCUT2D eigenvalue weighted by atomic mass is 28.4. The van der Waals surface area contributed by atoms with E-state index in [2.05, 4.69) is 13.5 Å². The fraction of sp³-hybridized carbons (Fsp3) is 0.769. The van der Waals surface area contributed by atoms with Gasteiger partial charge >= 0.3 is 8.80 Å². The third-order valence-electron chi connectivity index (χ3n) is 2.77. The summed E-state index contributed by atoms with van der Waals surface area (Å²) in [6.07, 6.45) is 3.17. The molecule has 0 aliphatic heterocycles. The third kappa shape index (κ3) is 6.44. The van der Waals surface area contributed by atoms with Gasteiger partial charge < -0.3 is 13.3 Å². The molecule has 0 unspecified atom stereocenters. The van der Waals surface area contributed by atoms with Gasteiger partial charge in [-0.15, -0.1) is 0 Å². The zero-order valence-electron chi connectivity index (χ0n) is 12.1. The highest BCUT2D eigenvalue weighted by Gasteiger charge is 2.37. The molecule has 106 valence electrons. The molecule has 0 aromatic rings. The molecule has 0 heterocycles. The number of unbranched alkanes of at least 4 members (excludes halogenated alkanes) is 1. The van der Waals surface area contributed by atoms with Gasteiger partial charge in [-0.25, -0.2) is 0 Å². The average Bonchev–Trinajstić information content (AvgIpc) is 2.36. The maximum atomic E-state index is 11.3. The van der Waals surface area contributed by atoms with Crippen LogP contribution >= 0.6 is 0 Å². The van der Waals surface area contributed by atoms with Crippen molar-refractivity contribution in [2.24, 2.45) is 0 Å². The Morgan fingerprint density at radius 2 is 1.83 bits per heavy atom. The molecule has 0 aromatic heterocycles. The molecule has 18 heavy (non-hydrogen) atoms. The molecule has 0 spiro atoms. The topological polar surface area (TPSA) is 44.8 Å². The first-order valence-corrected chi connectivity index (χ1v) is 8.37. The lowest BCUT2D eigenvalue weighted by Gasteiger charge is -2.25. The standard InChI is InChI=1S/C13H26O4Si/c1-6-11-18(15-4,16-5)17-10-8-7-9-13(14)12(2)3/h2,6-11H2,1,3-5H3. The molecule has 0 radical (unpaired) electrons. The number of rotatable bonds is 11. The Hall–Kier alpha value is -0.493. The molecule has 0 fully saturated rings. The fourth-order valence-electron chi connectivity index (χ4n) is 1.61. The Balaban J connectivity index is 3.87. The number of hydrogen-bond donors (Lipinski definition) is 0. The normalized spacial score (nSPS) is 11.6. The number of carbonyl (C=O) groups excluding carboxylic acids is 1. The van der Waals surface area contributed by atoms with Crippen molar-refractivity contribution in [1.29, 1.82) is 0 Å². The van der Waals surface area contributed by atoms with Crippen LogP contribution in [0.3, 0.4) is 0 Å². The van der Waals surface area contributed by atoms with Gasteiger partial charge in [0.2, 0.25) is 0 Å². The molecule has 0 N–H and O–H groups in total. The van der Waals surface area contributed by atoms with E-state index in [1.165, 1.54) is 0 Å². The van der Waals surface area contributed by atoms with E-state index in [0.29, 0.717) is 18.6 Å². The highest BCUT2D eigenvalue weighted by Crippen LogP contribution is 2.16. The maximum Gasteiger partial charge on any atom is 0.500 e. The lowest BCUT2D eigenvalue weighted by molar-refractivity contribution is -0.115. The summed E-state index contributed by atoms with van der Waals surface area (Å²) in [5, 5.41) is 0. The Labute approximate surface area is 112 Å². The lowest BCUT2D eigenvalue weighted by Crippen LogP contribution is -2.43. The summed E-state index contributed by atoms with van der Waals surface area (Å²) in [5.41, 5.74) is 0.624. The quantitative estimate of drug-likeness (QED) is 0.330. The minimum Gasteiger partial charge on any atom is -0.377 e. The molecular formula is C13H26O4Si. The van der Waals surface area contributed by atoms with E-state index >= 15 is 0 Å². The molecule has 0 aromatic carbocycles. The number of ketones is 1. The molecule has 0 rings (SSSR count). The molecule has 4 nitrogen and oxygen atoms in total. The molecule has 0 amide bonds. The van der Waals surface area contributed by atoms with Crippen LogP contribution in [0.15, 0.2) is 12.2 Å². The second-order valence-electron chi connectivity index (χ2n) is 4.35. The van der Waals surface area contributed by atoms with Gasteiger partial charge in [0, 0.05) is 33.3 Å².